The van der Waals surface area contributed by atoms with E-state index >= 15 is 0 Å². The monoisotopic (exact) mass is 313 g/mol. The minimum atomic E-state index is -4.56. The molecule has 0 atom stereocenters. The molecule has 1 N–H and O–H groups in total. The SMILES string of the molecule is Cc1ccc(NCc2nn3c(C(F)(F)F)nnc3s2)cc1. The number of nitrogens with zero attached hydrogens (tertiary/aromatic N) is 4. The van der Waals surface area contributed by atoms with Crippen molar-refractivity contribution in [3.63, 3.8) is 0 Å². The molecule has 0 aliphatic rings. The van der Waals surface area contributed by atoms with Crippen LogP contribution in [0.25, 0.3) is 4.96 Å². The lowest BCUT2D eigenvalue weighted by Crippen LogP contribution is -2.12. The maximum absolute atomic E-state index is 12.7. The molecule has 0 unspecified atom stereocenters. The second kappa shape index (κ2) is 4.99. The summed E-state index contributed by atoms with van der Waals surface area (Å²) in [5.41, 5.74) is 2.01. The predicted octanol–water partition coefficient (Wildman–Crippen LogP) is 3.13. The summed E-state index contributed by atoms with van der Waals surface area (Å²) < 4.78 is 38.8. The fourth-order valence-corrected chi connectivity index (χ4v) is 2.53. The Morgan fingerprint density at radius 1 is 1.19 bits per heavy atom. The Balaban J connectivity index is 1.79. The number of alkyl halides is 3. The van der Waals surface area contributed by atoms with Crippen LogP contribution < -0.4 is 5.32 Å². The third-order valence-corrected chi connectivity index (χ3v) is 3.68. The molecule has 0 bridgehead atoms. The molecule has 0 spiro atoms. The van der Waals surface area contributed by atoms with Crippen LogP contribution in [0.2, 0.25) is 0 Å². The fraction of sp³-hybridized carbons (Fsp3) is 0.250. The highest BCUT2D eigenvalue weighted by Gasteiger charge is 2.38. The zero-order valence-electron chi connectivity index (χ0n) is 10.8. The van der Waals surface area contributed by atoms with Crippen LogP contribution in [0, 0.1) is 6.92 Å². The van der Waals surface area contributed by atoms with E-state index in [1.54, 1.807) is 0 Å². The summed E-state index contributed by atoms with van der Waals surface area (Å²) in [7, 11) is 0. The maximum atomic E-state index is 12.7. The molecular formula is C12H10F3N5S. The number of benzene rings is 1. The van der Waals surface area contributed by atoms with E-state index < -0.39 is 12.0 Å². The van der Waals surface area contributed by atoms with Crippen LogP contribution in [-0.4, -0.2) is 19.8 Å². The molecule has 0 aliphatic carbocycles. The molecule has 0 saturated heterocycles. The molecule has 0 aliphatic heterocycles. The third kappa shape index (κ3) is 2.82. The van der Waals surface area contributed by atoms with Gasteiger partial charge in [-0.15, -0.1) is 10.2 Å². The van der Waals surface area contributed by atoms with E-state index in [2.05, 4.69) is 20.6 Å². The van der Waals surface area contributed by atoms with Gasteiger partial charge in [-0.25, -0.2) is 0 Å². The van der Waals surface area contributed by atoms with Crippen LogP contribution in [-0.2, 0) is 12.7 Å². The van der Waals surface area contributed by atoms with Crippen molar-refractivity contribution in [2.45, 2.75) is 19.6 Å². The highest BCUT2D eigenvalue weighted by molar-refractivity contribution is 7.16. The summed E-state index contributed by atoms with van der Waals surface area (Å²) in [4.78, 5) is 0.128. The van der Waals surface area contributed by atoms with Crippen LogP contribution in [0.4, 0.5) is 18.9 Å². The van der Waals surface area contributed by atoms with E-state index in [1.807, 2.05) is 31.2 Å². The van der Waals surface area contributed by atoms with Crippen molar-refractivity contribution < 1.29 is 13.2 Å². The smallest absolute Gasteiger partial charge is 0.378 e. The van der Waals surface area contributed by atoms with Crippen molar-refractivity contribution >= 4 is 22.0 Å². The lowest BCUT2D eigenvalue weighted by atomic mass is 10.2. The van der Waals surface area contributed by atoms with Gasteiger partial charge in [-0.3, -0.25) is 0 Å². The van der Waals surface area contributed by atoms with E-state index in [1.165, 1.54) is 0 Å². The number of halogens is 3. The number of aromatic nitrogens is 4. The van der Waals surface area contributed by atoms with Crippen LogP contribution in [0.1, 0.15) is 16.4 Å². The van der Waals surface area contributed by atoms with E-state index in [9.17, 15) is 13.2 Å². The first-order valence-electron chi connectivity index (χ1n) is 6.02. The lowest BCUT2D eigenvalue weighted by molar-refractivity contribution is -0.146. The molecule has 21 heavy (non-hydrogen) atoms. The van der Waals surface area contributed by atoms with Gasteiger partial charge in [0.15, 0.2) is 0 Å². The number of nitrogens with one attached hydrogen (secondary N) is 1. The number of hydrogen-bond donors (Lipinski definition) is 1. The van der Waals surface area contributed by atoms with Crippen molar-refractivity contribution in [2.75, 3.05) is 5.32 Å². The average molecular weight is 313 g/mol. The van der Waals surface area contributed by atoms with Crippen molar-refractivity contribution in [1.82, 2.24) is 19.8 Å². The van der Waals surface area contributed by atoms with Gasteiger partial charge in [0.25, 0.3) is 5.82 Å². The Morgan fingerprint density at radius 3 is 2.57 bits per heavy atom. The molecule has 0 amide bonds. The summed E-state index contributed by atoms with van der Waals surface area (Å²) in [6.45, 7) is 2.31. The van der Waals surface area contributed by atoms with E-state index in [-0.39, 0.29) is 4.96 Å². The molecule has 3 aromatic rings. The Bertz CT molecular complexity index is 759. The Morgan fingerprint density at radius 2 is 1.90 bits per heavy atom. The molecule has 2 heterocycles. The summed E-state index contributed by atoms with van der Waals surface area (Å²) in [5, 5.41) is 14.1. The van der Waals surface area contributed by atoms with Gasteiger partial charge in [0.1, 0.15) is 5.01 Å². The molecule has 2 aromatic heterocycles. The van der Waals surface area contributed by atoms with E-state index in [0.29, 0.717) is 11.6 Å². The molecule has 0 saturated carbocycles. The number of fused-ring (bicyclic) bond motifs is 1. The maximum Gasteiger partial charge on any atom is 0.453 e. The molecular weight excluding hydrogens is 303 g/mol. The number of hydrogen-bond acceptors (Lipinski definition) is 5. The van der Waals surface area contributed by atoms with Gasteiger partial charge in [-0.2, -0.15) is 22.8 Å². The third-order valence-electron chi connectivity index (χ3n) is 2.78. The Hall–Kier alpha value is -2.16. The minimum Gasteiger partial charge on any atom is -0.378 e. The highest BCUT2D eigenvalue weighted by Crippen LogP contribution is 2.29. The van der Waals surface area contributed by atoms with Crippen LogP contribution in [0.15, 0.2) is 24.3 Å². The highest BCUT2D eigenvalue weighted by atomic mass is 32.1. The van der Waals surface area contributed by atoms with Gasteiger partial charge >= 0.3 is 6.18 Å². The molecule has 5 nitrogen and oxygen atoms in total. The molecule has 9 heteroatoms. The van der Waals surface area contributed by atoms with Crippen molar-refractivity contribution in [3.8, 4) is 0 Å². The Kier molecular flexibility index (Phi) is 3.28. The molecule has 0 radical (unpaired) electrons. The standard InChI is InChI=1S/C12H10F3N5S/c1-7-2-4-8(5-3-7)16-6-9-19-20-10(12(13,14)15)17-18-11(20)21-9/h2-5,16H,6H2,1H3. The van der Waals surface area contributed by atoms with Gasteiger partial charge in [0.2, 0.25) is 4.96 Å². The van der Waals surface area contributed by atoms with E-state index in [4.69, 9.17) is 0 Å². The number of rotatable bonds is 3. The second-order valence-corrected chi connectivity index (χ2v) is 5.47. The fourth-order valence-electron chi connectivity index (χ4n) is 1.75. The van der Waals surface area contributed by atoms with Gasteiger partial charge in [0, 0.05) is 5.69 Å². The van der Waals surface area contributed by atoms with Crippen LogP contribution >= 0.6 is 11.3 Å². The molecule has 1 aromatic carbocycles. The zero-order valence-corrected chi connectivity index (χ0v) is 11.7. The van der Waals surface area contributed by atoms with Crippen molar-refractivity contribution in [3.05, 3.63) is 40.7 Å². The summed E-state index contributed by atoms with van der Waals surface area (Å²) in [6.07, 6.45) is -4.56. The topological polar surface area (TPSA) is 55.1 Å². The minimum absolute atomic E-state index is 0.128. The normalized spacial score (nSPS) is 12.0. The molecule has 3 rings (SSSR count). The molecule has 0 fully saturated rings. The second-order valence-electron chi connectivity index (χ2n) is 4.43. The van der Waals surface area contributed by atoms with Crippen molar-refractivity contribution in [2.24, 2.45) is 0 Å². The van der Waals surface area contributed by atoms with Crippen molar-refractivity contribution in [1.29, 1.82) is 0 Å². The zero-order chi connectivity index (χ0) is 15.0. The summed E-state index contributed by atoms with van der Waals surface area (Å²) in [5.74, 6) is -1.10. The number of aryl methyl sites for hydroxylation is 1. The van der Waals surface area contributed by atoms with Crippen LogP contribution in [0.5, 0.6) is 0 Å². The lowest BCUT2D eigenvalue weighted by Gasteiger charge is -2.04. The first kappa shape index (κ1) is 13.8. The largest absolute Gasteiger partial charge is 0.453 e. The van der Waals surface area contributed by atoms with Crippen LogP contribution in [0.3, 0.4) is 0 Å². The quantitative estimate of drug-likeness (QED) is 0.807. The van der Waals surface area contributed by atoms with Gasteiger partial charge in [-0.1, -0.05) is 29.0 Å². The van der Waals surface area contributed by atoms with E-state index in [0.717, 1.165) is 27.1 Å². The Labute approximate surface area is 121 Å². The average Bonchev–Trinajstić information content (AvgIpc) is 2.96. The summed E-state index contributed by atoms with van der Waals surface area (Å²) in [6, 6.07) is 7.69. The number of anilines is 1. The van der Waals surface area contributed by atoms with Gasteiger partial charge < -0.3 is 5.32 Å². The summed E-state index contributed by atoms with van der Waals surface area (Å²) >= 11 is 1.07. The first-order valence-corrected chi connectivity index (χ1v) is 6.84. The van der Waals surface area contributed by atoms with Gasteiger partial charge in [0.05, 0.1) is 6.54 Å². The molecule has 110 valence electrons. The van der Waals surface area contributed by atoms with Gasteiger partial charge in [-0.05, 0) is 19.1 Å². The first-order chi connectivity index (χ1) is 9.93. The predicted molar refractivity (Wildman–Crippen MR) is 72.2 cm³/mol.